The van der Waals surface area contributed by atoms with Crippen molar-refractivity contribution >= 4 is 34.2 Å². The molecule has 3 N–H and O–H groups in total. The van der Waals surface area contributed by atoms with Gasteiger partial charge in [-0.3, -0.25) is 4.79 Å². The maximum atomic E-state index is 12.2. The molecule has 1 fully saturated rings. The molecule has 1 amide bonds. The number of amides is 1. The van der Waals surface area contributed by atoms with E-state index in [-0.39, 0.29) is 23.9 Å². The number of hydrogen-bond acceptors (Lipinski definition) is 2. The second-order valence-corrected chi connectivity index (χ2v) is 5.96. The molecule has 1 aliphatic carbocycles. The molecule has 0 aliphatic heterocycles. The Labute approximate surface area is 128 Å². The van der Waals surface area contributed by atoms with E-state index in [0.29, 0.717) is 12.1 Å². The van der Waals surface area contributed by atoms with Gasteiger partial charge in [0.1, 0.15) is 0 Å². The fraction of sp³-hybridized carbons (Fsp3) is 0.500. The molecule has 0 aromatic heterocycles. The number of nitrogens with one attached hydrogen (secondary N) is 1. The van der Waals surface area contributed by atoms with Gasteiger partial charge in [-0.1, -0.05) is 28.8 Å². The van der Waals surface area contributed by atoms with Crippen LogP contribution in [0, 0.1) is 6.92 Å². The van der Waals surface area contributed by atoms with Gasteiger partial charge in [0, 0.05) is 16.6 Å². The number of hydrogen-bond donors (Lipinski definition) is 2. The fourth-order valence-electron chi connectivity index (χ4n) is 2.53. The average Bonchev–Trinajstić information content (AvgIpc) is 2.82. The van der Waals surface area contributed by atoms with E-state index >= 15 is 0 Å². The average molecular weight is 348 g/mol. The molecule has 2 rings (SSSR count). The van der Waals surface area contributed by atoms with Crippen molar-refractivity contribution in [2.24, 2.45) is 5.73 Å². The van der Waals surface area contributed by atoms with Crippen molar-refractivity contribution in [3.05, 3.63) is 33.8 Å². The van der Waals surface area contributed by atoms with E-state index < -0.39 is 0 Å². The molecule has 3 nitrogen and oxygen atoms in total. The van der Waals surface area contributed by atoms with E-state index in [1.54, 1.807) is 0 Å². The molecule has 0 radical (unpaired) electrons. The van der Waals surface area contributed by atoms with Crippen molar-refractivity contribution in [1.82, 2.24) is 5.32 Å². The van der Waals surface area contributed by atoms with E-state index in [9.17, 15) is 4.79 Å². The zero-order valence-electron chi connectivity index (χ0n) is 11.0. The van der Waals surface area contributed by atoms with Crippen LogP contribution in [0.4, 0.5) is 0 Å². The minimum atomic E-state index is -0.182. The van der Waals surface area contributed by atoms with Crippen LogP contribution in [0.5, 0.6) is 0 Å². The molecule has 1 saturated carbocycles. The first-order valence-corrected chi connectivity index (χ1v) is 7.14. The first-order valence-electron chi connectivity index (χ1n) is 6.35. The molecule has 1 aromatic carbocycles. The molecule has 0 saturated heterocycles. The molecule has 0 atom stereocenters. The number of carbonyl (C=O) groups is 1. The summed E-state index contributed by atoms with van der Waals surface area (Å²) in [6, 6.07) is 5.65. The zero-order valence-corrected chi connectivity index (χ0v) is 13.4. The van der Waals surface area contributed by atoms with Crippen LogP contribution >= 0.6 is 28.3 Å². The van der Waals surface area contributed by atoms with Gasteiger partial charge < -0.3 is 11.1 Å². The van der Waals surface area contributed by atoms with E-state index in [0.717, 1.165) is 35.7 Å². The summed E-state index contributed by atoms with van der Waals surface area (Å²) in [7, 11) is 0. The predicted molar refractivity (Wildman–Crippen MR) is 83.8 cm³/mol. The number of benzene rings is 1. The highest BCUT2D eigenvalue weighted by Crippen LogP contribution is 2.29. The fourth-order valence-corrected chi connectivity index (χ4v) is 2.78. The molecule has 0 bridgehead atoms. The van der Waals surface area contributed by atoms with Crippen LogP contribution in [0.15, 0.2) is 22.7 Å². The van der Waals surface area contributed by atoms with Gasteiger partial charge in [0.15, 0.2) is 0 Å². The van der Waals surface area contributed by atoms with Crippen LogP contribution in [0.2, 0.25) is 0 Å². The third-order valence-electron chi connectivity index (χ3n) is 3.75. The van der Waals surface area contributed by atoms with Gasteiger partial charge in [-0.2, -0.15) is 0 Å². The van der Waals surface area contributed by atoms with E-state index in [1.807, 2.05) is 25.1 Å². The summed E-state index contributed by atoms with van der Waals surface area (Å²) in [6.45, 7) is 2.50. The summed E-state index contributed by atoms with van der Waals surface area (Å²) in [4.78, 5) is 12.2. The number of aryl methyl sites for hydroxylation is 1. The Bertz CT molecular complexity index is 459. The highest BCUT2D eigenvalue weighted by Gasteiger charge is 2.34. The maximum absolute atomic E-state index is 12.2. The number of carbonyl (C=O) groups excluding carboxylic acids is 1. The zero-order chi connectivity index (χ0) is 13.2. The van der Waals surface area contributed by atoms with Crippen molar-refractivity contribution in [2.75, 3.05) is 6.54 Å². The number of nitrogens with two attached hydrogens (primary N) is 1. The van der Waals surface area contributed by atoms with Crippen molar-refractivity contribution < 1.29 is 4.79 Å². The van der Waals surface area contributed by atoms with Crippen LogP contribution in [-0.4, -0.2) is 18.0 Å². The Hall–Kier alpha value is -0.580. The summed E-state index contributed by atoms with van der Waals surface area (Å²) in [5.41, 5.74) is 7.41. The van der Waals surface area contributed by atoms with Gasteiger partial charge in [-0.25, -0.2) is 0 Å². The van der Waals surface area contributed by atoms with Gasteiger partial charge in [0.25, 0.3) is 5.91 Å². The largest absolute Gasteiger partial charge is 0.345 e. The summed E-state index contributed by atoms with van der Waals surface area (Å²) < 4.78 is 1.02. The lowest BCUT2D eigenvalue weighted by Crippen LogP contribution is -2.51. The smallest absolute Gasteiger partial charge is 0.251 e. The monoisotopic (exact) mass is 346 g/mol. The standard InChI is InChI=1S/C14H19BrN2O.ClH/c1-10-8-11(4-5-12(10)15)13(18)17-14(9-16)6-2-3-7-14;/h4-5,8H,2-3,6-7,9,16H2,1H3,(H,17,18);1H. The topological polar surface area (TPSA) is 55.1 Å². The molecular formula is C14H20BrClN2O. The minimum absolute atomic E-state index is 0. The van der Waals surface area contributed by atoms with E-state index in [4.69, 9.17) is 5.73 Å². The summed E-state index contributed by atoms with van der Waals surface area (Å²) in [5, 5.41) is 3.13. The SMILES string of the molecule is Cc1cc(C(=O)NC2(CN)CCCC2)ccc1Br.Cl. The van der Waals surface area contributed by atoms with Gasteiger partial charge >= 0.3 is 0 Å². The lowest BCUT2D eigenvalue weighted by Gasteiger charge is -2.28. The number of halogens is 2. The maximum Gasteiger partial charge on any atom is 0.251 e. The van der Waals surface area contributed by atoms with Crippen molar-refractivity contribution in [3.63, 3.8) is 0 Å². The quantitative estimate of drug-likeness (QED) is 0.882. The summed E-state index contributed by atoms with van der Waals surface area (Å²) in [5.74, 6) is -0.0158. The Morgan fingerprint density at radius 1 is 1.42 bits per heavy atom. The molecule has 0 spiro atoms. The first kappa shape index (κ1) is 16.5. The molecular weight excluding hydrogens is 328 g/mol. The number of rotatable bonds is 3. The summed E-state index contributed by atoms with van der Waals surface area (Å²) >= 11 is 3.44. The third kappa shape index (κ3) is 3.71. The normalized spacial score (nSPS) is 16.8. The highest BCUT2D eigenvalue weighted by molar-refractivity contribution is 9.10. The third-order valence-corrected chi connectivity index (χ3v) is 4.64. The van der Waals surface area contributed by atoms with Crippen molar-refractivity contribution in [3.8, 4) is 0 Å². The minimum Gasteiger partial charge on any atom is -0.345 e. The lowest BCUT2D eigenvalue weighted by atomic mass is 9.97. The van der Waals surface area contributed by atoms with E-state index in [1.165, 1.54) is 0 Å². The molecule has 0 unspecified atom stereocenters. The Kier molecular flexibility index (Phi) is 5.83. The van der Waals surface area contributed by atoms with Crippen LogP contribution in [0.1, 0.15) is 41.6 Å². The Morgan fingerprint density at radius 2 is 2.05 bits per heavy atom. The van der Waals surface area contributed by atoms with Crippen LogP contribution in [0.3, 0.4) is 0 Å². The second-order valence-electron chi connectivity index (χ2n) is 5.11. The van der Waals surface area contributed by atoms with Crippen LogP contribution in [0.25, 0.3) is 0 Å². The molecule has 1 aliphatic rings. The van der Waals surface area contributed by atoms with E-state index in [2.05, 4.69) is 21.2 Å². The van der Waals surface area contributed by atoms with Crippen LogP contribution in [-0.2, 0) is 0 Å². The molecule has 106 valence electrons. The van der Waals surface area contributed by atoms with Gasteiger partial charge in [0.2, 0.25) is 0 Å². The van der Waals surface area contributed by atoms with Crippen LogP contribution < -0.4 is 11.1 Å². The van der Waals surface area contributed by atoms with Crippen molar-refractivity contribution in [2.45, 2.75) is 38.1 Å². The Balaban J connectivity index is 0.00000180. The van der Waals surface area contributed by atoms with Gasteiger partial charge in [-0.05, 0) is 43.5 Å². The summed E-state index contributed by atoms with van der Waals surface area (Å²) in [6.07, 6.45) is 4.28. The Morgan fingerprint density at radius 3 is 2.58 bits per heavy atom. The lowest BCUT2D eigenvalue weighted by molar-refractivity contribution is 0.0903. The van der Waals surface area contributed by atoms with Gasteiger partial charge in [-0.15, -0.1) is 12.4 Å². The first-order chi connectivity index (χ1) is 8.56. The molecule has 19 heavy (non-hydrogen) atoms. The highest BCUT2D eigenvalue weighted by atomic mass is 79.9. The molecule has 5 heteroatoms. The molecule has 0 heterocycles. The second kappa shape index (κ2) is 6.73. The predicted octanol–water partition coefficient (Wildman–Crippen LogP) is 3.18. The van der Waals surface area contributed by atoms with Crippen molar-refractivity contribution in [1.29, 1.82) is 0 Å². The molecule has 1 aromatic rings. The van der Waals surface area contributed by atoms with Gasteiger partial charge in [0.05, 0.1) is 5.54 Å².